The molecule has 3 unspecified atom stereocenters. The Morgan fingerprint density at radius 1 is 0.862 bits per heavy atom. The van der Waals surface area contributed by atoms with Gasteiger partial charge in [-0.3, -0.25) is 9.36 Å². The molecule has 4 N–H and O–H groups in total. The highest BCUT2D eigenvalue weighted by molar-refractivity contribution is 7.39. The lowest BCUT2D eigenvalue weighted by Gasteiger charge is -2.12. The third-order valence-corrected chi connectivity index (χ3v) is 5.97. The summed E-state index contributed by atoms with van der Waals surface area (Å²) in [4.78, 5) is 11.7. The van der Waals surface area contributed by atoms with Crippen LogP contribution in [0.15, 0.2) is 0 Å². The Balaban J connectivity index is 3.38. The minimum absolute atomic E-state index is 0.157. The van der Waals surface area contributed by atoms with Gasteiger partial charge in [-0.1, -0.05) is 84.0 Å². The molecule has 0 amide bonds. The van der Waals surface area contributed by atoms with E-state index in [4.69, 9.17) is 20.1 Å². The zero-order valence-electron chi connectivity index (χ0n) is 18.3. The molecule has 8 heteroatoms. The maximum atomic E-state index is 11.7. The third-order valence-electron chi connectivity index (χ3n) is 4.73. The fourth-order valence-electron chi connectivity index (χ4n) is 3.02. The van der Waals surface area contributed by atoms with E-state index in [1.807, 2.05) is 0 Å². The van der Waals surface area contributed by atoms with E-state index < -0.39 is 20.4 Å². The van der Waals surface area contributed by atoms with Crippen LogP contribution in [0.4, 0.5) is 0 Å². The SMILES string of the molecule is CCCCCCCCCCCCCCCC(=O)OCC(O)CO[PH](=O)CC(N)O. The first-order valence-corrected chi connectivity index (χ1v) is 12.9. The van der Waals surface area contributed by atoms with Gasteiger partial charge in [0.1, 0.15) is 18.9 Å². The smallest absolute Gasteiger partial charge is 0.305 e. The van der Waals surface area contributed by atoms with Gasteiger partial charge in [-0.15, -0.1) is 0 Å². The van der Waals surface area contributed by atoms with Crippen LogP contribution in [-0.4, -0.2) is 47.9 Å². The van der Waals surface area contributed by atoms with Gasteiger partial charge in [0.15, 0.2) is 8.03 Å². The molecule has 0 rings (SSSR count). The number of hydrogen-bond donors (Lipinski definition) is 3. The fraction of sp³-hybridized carbons (Fsp3) is 0.952. The van der Waals surface area contributed by atoms with E-state index in [1.165, 1.54) is 64.2 Å². The summed E-state index contributed by atoms with van der Waals surface area (Å²) in [5, 5.41) is 18.5. The van der Waals surface area contributed by atoms with E-state index >= 15 is 0 Å². The largest absolute Gasteiger partial charge is 0.463 e. The van der Waals surface area contributed by atoms with E-state index in [-0.39, 0.29) is 25.3 Å². The zero-order valence-corrected chi connectivity index (χ0v) is 19.3. The molecule has 0 fully saturated rings. The van der Waals surface area contributed by atoms with Crippen molar-refractivity contribution < 1.29 is 28.8 Å². The van der Waals surface area contributed by atoms with Gasteiger partial charge in [0.05, 0.1) is 12.8 Å². The number of carbonyl (C=O) groups excluding carboxylic acids is 1. The number of aliphatic hydroxyl groups excluding tert-OH is 2. The highest BCUT2D eigenvalue weighted by Crippen LogP contribution is 2.22. The molecular formula is C21H44NO6P. The first-order valence-electron chi connectivity index (χ1n) is 11.4. The predicted molar refractivity (Wildman–Crippen MR) is 117 cm³/mol. The molecule has 3 atom stereocenters. The Bertz CT molecular complexity index is 409. The molecule has 0 spiro atoms. The number of ether oxygens (including phenoxy) is 1. The number of hydrogen-bond acceptors (Lipinski definition) is 7. The molecule has 0 heterocycles. The van der Waals surface area contributed by atoms with Gasteiger partial charge < -0.3 is 25.2 Å². The maximum Gasteiger partial charge on any atom is 0.305 e. The predicted octanol–water partition coefficient (Wildman–Crippen LogP) is 4.14. The Morgan fingerprint density at radius 3 is 1.83 bits per heavy atom. The molecule has 0 radical (unpaired) electrons. The second-order valence-corrected chi connectivity index (χ2v) is 9.22. The topological polar surface area (TPSA) is 119 Å². The first kappa shape index (κ1) is 28.5. The van der Waals surface area contributed by atoms with Gasteiger partial charge in [-0.05, 0) is 6.42 Å². The minimum Gasteiger partial charge on any atom is -0.463 e. The van der Waals surface area contributed by atoms with Crippen LogP contribution >= 0.6 is 8.03 Å². The van der Waals surface area contributed by atoms with Crippen LogP contribution in [0.25, 0.3) is 0 Å². The average molecular weight is 438 g/mol. The lowest BCUT2D eigenvalue weighted by molar-refractivity contribution is -0.147. The summed E-state index contributed by atoms with van der Waals surface area (Å²) in [5.74, 6) is -0.336. The molecule has 7 nitrogen and oxygen atoms in total. The minimum atomic E-state index is -2.48. The number of nitrogens with two attached hydrogens (primary N) is 1. The first-order chi connectivity index (χ1) is 14.0. The summed E-state index contributed by atoms with van der Waals surface area (Å²) in [6, 6.07) is 0. The van der Waals surface area contributed by atoms with Crippen molar-refractivity contribution in [2.45, 2.75) is 109 Å². The van der Waals surface area contributed by atoms with Crippen molar-refractivity contribution in [1.29, 1.82) is 0 Å². The molecule has 0 saturated carbocycles. The van der Waals surface area contributed by atoms with E-state index in [1.54, 1.807) is 0 Å². The number of rotatable bonds is 21. The molecule has 174 valence electrons. The van der Waals surface area contributed by atoms with E-state index in [2.05, 4.69) is 6.92 Å². The van der Waals surface area contributed by atoms with Crippen molar-refractivity contribution in [1.82, 2.24) is 0 Å². The van der Waals surface area contributed by atoms with E-state index in [0.29, 0.717) is 6.42 Å². The number of aliphatic hydroxyl groups is 2. The normalized spacial score (nSPS) is 14.5. The van der Waals surface area contributed by atoms with E-state index in [9.17, 15) is 14.5 Å². The summed E-state index contributed by atoms with van der Waals surface area (Å²) in [7, 11) is -2.48. The standard InChI is InChI=1S/C21H44NO6P/c1-2-3-4-5-6-7-8-9-10-11-12-13-14-15-21(25)27-16-19(23)17-28-29(26)18-20(22)24/h19-20,23-24,29H,2-18,22H2,1H3. The number of carbonyl (C=O) groups is 1. The molecule has 0 aromatic carbocycles. The van der Waals surface area contributed by atoms with Crippen molar-refractivity contribution in [3.63, 3.8) is 0 Å². The summed E-state index contributed by atoms with van der Waals surface area (Å²) < 4.78 is 21.2. The van der Waals surface area contributed by atoms with Crippen LogP contribution in [0.1, 0.15) is 96.8 Å². The van der Waals surface area contributed by atoms with Crippen LogP contribution in [0.3, 0.4) is 0 Å². The van der Waals surface area contributed by atoms with Gasteiger partial charge in [0, 0.05) is 6.42 Å². The monoisotopic (exact) mass is 437 g/mol. The van der Waals surface area contributed by atoms with Gasteiger partial charge in [-0.25, -0.2) is 0 Å². The van der Waals surface area contributed by atoms with Crippen molar-refractivity contribution in [2.24, 2.45) is 5.73 Å². The molecule has 0 aliphatic heterocycles. The van der Waals surface area contributed by atoms with Crippen molar-refractivity contribution >= 4 is 14.0 Å². The summed E-state index contributed by atoms with van der Waals surface area (Å²) in [6.45, 7) is 1.85. The van der Waals surface area contributed by atoms with Crippen LogP contribution in [0, 0.1) is 0 Å². The number of unbranched alkanes of at least 4 members (excludes halogenated alkanes) is 12. The molecule has 0 aliphatic rings. The van der Waals surface area contributed by atoms with Gasteiger partial charge >= 0.3 is 5.97 Å². The van der Waals surface area contributed by atoms with Crippen LogP contribution < -0.4 is 5.73 Å². The second-order valence-electron chi connectivity index (χ2n) is 7.78. The zero-order chi connectivity index (χ0) is 21.7. The van der Waals surface area contributed by atoms with Crippen molar-refractivity contribution in [2.75, 3.05) is 19.4 Å². The lowest BCUT2D eigenvalue weighted by Crippen LogP contribution is -2.24. The van der Waals surface area contributed by atoms with Gasteiger partial charge in [-0.2, -0.15) is 0 Å². The maximum absolute atomic E-state index is 11.7. The van der Waals surface area contributed by atoms with Crippen molar-refractivity contribution in [3.05, 3.63) is 0 Å². The summed E-state index contributed by atoms with van der Waals surface area (Å²) in [6.07, 6.45) is 14.2. The molecule has 0 bridgehead atoms. The Labute approximate surface area is 177 Å². The Kier molecular flexibility index (Phi) is 20.5. The van der Waals surface area contributed by atoms with Gasteiger partial charge in [0.2, 0.25) is 0 Å². The highest BCUT2D eigenvalue weighted by Gasteiger charge is 2.12. The summed E-state index contributed by atoms with van der Waals surface area (Å²) >= 11 is 0. The third kappa shape index (κ3) is 22.1. The molecular weight excluding hydrogens is 393 g/mol. The molecule has 0 aromatic rings. The van der Waals surface area contributed by atoms with Crippen molar-refractivity contribution in [3.8, 4) is 0 Å². The average Bonchev–Trinajstić information content (AvgIpc) is 2.67. The molecule has 29 heavy (non-hydrogen) atoms. The molecule has 0 saturated heterocycles. The van der Waals surface area contributed by atoms with Crippen LogP contribution in [-0.2, 0) is 18.6 Å². The van der Waals surface area contributed by atoms with E-state index in [0.717, 1.165) is 19.3 Å². The summed E-state index contributed by atoms with van der Waals surface area (Å²) in [5.41, 5.74) is 5.09. The molecule has 0 aliphatic carbocycles. The fourth-order valence-corrected chi connectivity index (χ4v) is 3.85. The Morgan fingerprint density at radius 2 is 1.34 bits per heavy atom. The van der Waals surface area contributed by atoms with Crippen LogP contribution in [0.2, 0.25) is 0 Å². The number of esters is 1. The Hall–Kier alpha value is -0.460. The lowest BCUT2D eigenvalue weighted by atomic mass is 10.0. The molecule has 0 aromatic heterocycles. The van der Waals surface area contributed by atoms with Gasteiger partial charge in [0.25, 0.3) is 0 Å². The quantitative estimate of drug-likeness (QED) is 0.107. The second kappa shape index (κ2) is 20.8. The van der Waals surface area contributed by atoms with Crippen LogP contribution in [0.5, 0.6) is 0 Å². The highest BCUT2D eigenvalue weighted by atomic mass is 31.1.